The van der Waals surface area contributed by atoms with Crippen LogP contribution in [0.4, 0.5) is 14.9 Å². The first kappa shape index (κ1) is 45.5. The van der Waals surface area contributed by atoms with Gasteiger partial charge in [-0.15, -0.1) is 0 Å². The van der Waals surface area contributed by atoms with Crippen LogP contribution in [0, 0.1) is 23.6 Å². The molecule has 0 radical (unpaired) electrons. The van der Waals surface area contributed by atoms with Gasteiger partial charge in [-0.05, 0) is 138 Å². The third-order valence-electron chi connectivity index (χ3n) is 15.2. The van der Waals surface area contributed by atoms with E-state index in [2.05, 4.69) is 36.3 Å². The van der Waals surface area contributed by atoms with Crippen LogP contribution in [0.1, 0.15) is 75.8 Å². The fourth-order valence-electron chi connectivity index (χ4n) is 11.5. The number of hydrogen-bond acceptors (Lipinski definition) is 10. The molecule has 8 rings (SSSR count). The maximum Gasteiger partial charge on any atom is 0.407 e. The van der Waals surface area contributed by atoms with Crippen molar-refractivity contribution in [1.82, 2.24) is 30.2 Å². The van der Waals surface area contributed by atoms with Gasteiger partial charge in [0.05, 0.1) is 12.0 Å². The average Bonchev–Trinajstić information content (AvgIpc) is 3.69. The maximum atomic E-state index is 15.0. The molecule has 0 unspecified atom stereocenters. The fourth-order valence-corrected chi connectivity index (χ4v) is 13.4. The highest BCUT2D eigenvalue weighted by Crippen LogP contribution is 2.50. The Morgan fingerprint density at radius 3 is 2.29 bits per heavy atom. The molecule has 0 bridgehead atoms. The molecule has 5 saturated heterocycles. The van der Waals surface area contributed by atoms with Gasteiger partial charge in [-0.1, -0.05) is 31.1 Å². The lowest BCUT2D eigenvalue weighted by Gasteiger charge is -2.51. The Bertz CT molecular complexity index is 2080. The molecule has 0 aromatic heterocycles. The molecule has 63 heavy (non-hydrogen) atoms. The number of halogens is 1. The van der Waals surface area contributed by atoms with Crippen molar-refractivity contribution in [1.29, 1.82) is 0 Å². The Kier molecular flexibility index (Phi) is 14.4. The molecule has 3 amide bonds. The number of anilines is 1. The quantitative estimate of drug-likeness (QED) is 0.227. The number of nitrogens with one attached hydrogen (secondary N) is 2. The number of carbonyl (C=O) groups excluding carboxylic acids is 3. The van der Waals surface area contributed by atoms with Gasteiger partial charge in [-0.2, -0.15) is 0 Å². The minimum atomic E-state index is -3.63. The standard InChI is InChI=1S/C48H68FN7O6S/c1-35(57)50-34-48(39-10-6-11-40(49)27-39,43-12-7-13-44(43)51-47(59)62-2)38-17-24-54(25-18-38)28-36-29-55(30-36)41-15-16-45(37(26-41)31-53-22-9-23-53)63(60,61)42-32-56(33-42)46(58)14-8-21-52-19-4-3-5-20-52/h6,8,10-11,14-16,26-27,36,38,42-44H,3-5,7,9,12-13,17-25,28-34H2,1-2H3,(H,50,57)(H,51,59)/b14-8+/t43-,44-,48-/m0/s1. The van der Waals surface area contributed by atoms with Gasteiger partial charge in [-0.3, -0.25) is 19.4 Å². The van der Waals surface area contributed by atoms with E-state index >= 15 is 4.39 Å². The average molecular weight is 890 g/mol. The SMILES string of the molecule is COC(=O)N[C@H]1CCC[C@@H]1[C@](CNC(C)=O)(c1cccc(F)c1)C1CCN(CC2CN(c3ccc(S(=O)(=O)C4CN(C(=O)/C=C/CN5CCCCC5)C4)c(CN4CCC4)c3)C2)CC1. The number of nitrogens with zero attached hydrogens (tertiary/aromatic N) is 5. The predicted molar refractivity (Wildman–Crippen MR) is 242 cm³/mol. The zero-order chi connectivity index (χ0) is 44.1. The van der Waals surface area contributed by atoms with E-state index in [4.69, 9.17) is 4.74 Å². The maximum absolute atomic E-state index is 15.0. The molecule has 0 spiro atoms. The van der Waals surface area contributed by atoms with Gasteiger partial charge in [0.15, 0.2) is 9.84 Å². The Morgan fingerprint density at radius 2 is 1.60 bits per heavy atom. The van der Waals surface area contributed by atoms with Crippen molar-refractivity contribution in [2.75, 3.05) is 97.1 Å². The number of alkyl carbamates (subject to hydrolysis) is 1. The van der Waals surface area contributed by atoms with Gasteiger partial charge in [0.1, 0.15) is 11.1 Å². The van der Waals surface area contributed by atoms with Gasteiger partial charge < -0.3 is 30.1 Å². The second-order valence-electron chi connectivity index (χ2n) is 19.2. The van der Waals surface area contributed by atoms with Crippen LogP contribution < -0.4 is 15.5 Å². The molecule has 1 saturated carbocycles. The third kappa shape index (κ3) is 10.3. The number of carbonyl (C=O) groups is 3. The molecule has 2 aromatic carbocycles. The van der Waals surface area contributed by atoms with Crippen LogP contribution in [0.15, 0.2) is 59.5 Å². The molecule has 13 nitrogen and oxygen atoms in total. The van der Waals surface area contributed by atoms with Crippen molar-refractivity contribution in [3.05, 3.63) is 71.6 Å². The van der Waals surface area contributed by atoms with E-state index in [1.807, 2.05) is 24.3 Å². The number of likely N-dealkylation sites (tertiary alicyclic amines) is 4. The Balaban J connectivity index is 0.890. The molecule has 6 fully saturated rings. The topological polar surface area (TPSA) is 135 Å². The van der Waals surface area contributed by atoms with E-state index in [0.29, 0.717) is 23.9 Å². The van der Waals surface area contributed by atoms with Crippen molar-refractivity contribution in [3.63, 3.8) is 0 Å². The lowest BCUT2D eigenvalue weighted by atomic mass is 9.58. The summed E-state index contributed by atoms with van der Waals surface area (Å²) in [5.74, 6) is 0.0511. The van der Waals surface area contributed by atoms with E-state index in [1.54, 1.807) is 23.1 Å². The Labute approximate surface area is 373 Å². The number of benzene rings is 2. The van der Waals surface area contributed by atoms with E-state index < -0.39 is 26.6 Å². The van der Waals surface area contributed by atoms with Crippen molar-refractivity contribution in [2.24, 2.45) is 17.8 Å². The number of rotatable bonds is 16. The van der Waals surface area contributed by atoms with Gasteiger partial charge in [-0.25, -0.2) is 17.6 Å². The van der Waals surface area contributed by atoms with E-state index in [9.17, 15) is 22.8 Å². The smallest absolute Gasteiger partial charge is 0.407 e. The fraction of sp³-hybridized carbons (Fsp3) is 0.646. The number of methoxy groups -OCH3 is 1. The molecule has 5 aliphatic heterocycles. The summed E-state index contributed by atoms with van der Waals surface area (Å²) in [6, 6.07) is 12.5. The molecule has 15 heteroatoms. The van der Waals surface area contributed by atoms with Gasteiger partial charge in [0.25, 0.3) is 0 Å². The summed E-state index contributed by atoms with van der Waals surface area (Å²) in [4.78, 5) is 49.4. The van der Waals surface area contributed by atoms with Crippen LogP contribution in [0.2, 0.25) is 0 Å². The highest BCUT2D eigenvalue weighted by molar-refractivity contribution is 7.92. The predicted octanol–water partition coefficient (Wildman–Crippen LogP) is 4.81. The number of ether oxygens (including phenoxy) is 1. The van der Waals surface area contributed by atoms with Crippen LogP contribution in [0.3, 0.4) is 0 Å². The summed E-state index contributed by atoms with van der Waals surface area (Å²) in [7, 11) is -2.26. The van der Waals surface area contributed by atoms with Crippen molar-refractivity contribution in [2.45, 2.75) is 92.9 Å². The largest absolute Gasteiger partial charge is 0.453 e. The van der Waals surface area contributed by atoms with Crippen molar-refractivity contribution in [3.8, 4) is 0 Å². The highest BCUT2D eigenvalue weighted by Gasteiger charge is 2.52. The summed E-state index contributed by atoms with van der Waals surface area (Å²) in [5, 5.41) is 5.62. The molecule has 5 heterocycles. The molecule has 1 aliphatic carbocycles. The monoisotopic (exact) mass is 889 g/mol. The molecule has 2 aromatic rings. The first-order valence-corrected chi connectivity index (χ1v) is 25.1. The van der Waals surface area contributed by atoms with Gasteiger partial charge >= 0.3 is 6.09 Å². The van der Waals surface area contributed by atoms with E-state index in [0.717, 1.165) is 121 Å². The summed E-state index contributed by atoms with van der Waals surface area (Å²) in [6.45, 7) is 12.2. The van der Waals surface area contributed by atoms with Crippen LogP contribution in [-0.2, 0) is 36.1 Å². The highest BCUT2D eigenvalue weighted by atomic mass is 32.2. The first-order chi connectivity index (χ1) is 30.4. The summed E-state index contributed by atoms with van der Waals surface area (Å²) in [6.07, 6.45) is 12.2. The van der Waals surface area contributed by atoms with Gasteiger partial charge in [0, 0.05) is 88.4 Å². The summed E-state index contributed by atoms with van der Waals surface area (Å²) >= 11 is 0. The summed E-state index contributed by atoms with van der Waals surface area (Å²) < 4.78 is 48.2. The number of hydrogen-bond donors (Lipinski definition) is 2. The van der Waals surface area contributed by atoms with E-state index in [-0.39, 0.29) is 48.6 Å². The van der Waals surface area contributed by atoms with Crippen LogP contribution in [0.25, 0.3) is 0 Å². The lowest BCUT2D eigenvalue weighted by molar-refractivity contribution is -0.129. The second kappa shape index (κ2) is 20.0. The Morgan fingerprint density at radius 1 is 0.857 bits per heavy atom. The number of amides is 3. The Hall–Kier alpha value is -4.05. The molecular formula is C48H68FN7O6S. The first-order valence-electron chi connectivity index (χ1n) is 23.5. The minimum absolute atomic E-state index is 0.0107. The molecule has 344 valence electrons. The van der Waals surface area contributed by atoms with E-state index in [1.165, 1.54) is 39.4 Å². The lowest BCUT2D eigenvalue weighted by Crippen LogP contribution is -2.58. The normalized spacial score (nSPS) is 24.4. The second-order valence-corrected chi connectivity index (χ2v) is 21.4. The summed E-state index contributed by atoms with van der Waals surface area (Å²) in [5.41, 5.74) is 2.18. The molecule has 6 aliphatic rings. The van der Waals surface area contributed by atoms with Crippen LogP contribution >= 0.6 is 0 Å². The molecule has 3 atom stereocenters. The minimum Gasteiger partial charge on any atom is -0.453 e. The third-order valence-corrected chi connectivity index (χ3v) is 17.4. The van der Waals surface area contributed by atoms with Crippen LogP contribution in [0.5, 0.6) is 0 Å². The van der Waals surface area contributed by atoms with Crippen LogP contribution in [-0.4, -0.2) is 149 Å². The molecule has 2 N–H and O–H groups in total. The zero-order valence-electron chi connectivity index (χ0n) is 37.3. The van der Waals surface area contributed by atoms with Gasteiger partial charge in [0.2, 0.25) is 11.8 Å². The molecular weight excluding hydrogens is 822 g/mol. The van der Waals surface area contributed by atoms with Crippen molar-refractivity contribution >= 4 is 33.4 Å². The number of sulfone groups is 1. The number of piperidine rings is 2. The van der Waals surface area contributed by atoms with Crippen molar-refractivity contribution < 1.29 is 31.9 Å². The zero-order valence-corrected chi connectivity index (χ0v) is 38.1.